The van der Waals surface area contributed by atoms with E-state index >= 15 is 0 Å². The van der Waals surface area contributed by atoms with Crippen molar-refractivity contribution in [1.82, 2.24) is 0 Å². The van der Waals surface area contributed by atoms with Crippen molar-refractivity contribution < 1.29 is 28.9 Å². The lowest BCUT2D eigenvalue weighted by Gasteiger charge is -2.29. The van der Waals surface area contributed by atoms with Gasteiger partial charge in [-0.05, 0) is 67.5 Å². The molecule has 166 valence electrons. The highest BCUT2D eigenvalue weighted by atomic mass is 16.6. The molecule has 1 amide bonds. The fraction of sp³-hybridized carbons (Fsp3) is 0.417. The van der Waals surface area contributed by atoms with E-state index in [4.69, 9.17) is 19.3 Å². The van der Waals surface area contributed by atoms with Gasteiger partial charge in [-0.2, -0.15) is 0 Å². The summed E-state index contributed by atoms with van der Waals surface area (Å²) in [6.45, 7) is 0.483. The van der Waals surface area contributed by atoms with Gasteiger partial charge < -0.3 is 19.3 Å². The van der Waals surface area contributed by atoms with Gasteiger partial charge in [-0.25, -0.2) is 14.5 Å². The van der Waals surface area contributed by atoms with Crippen LogP contribution in [0.25, 0.3) is 0 Å². The van der Waals surface area contributed by atoms with Crippen LogP contribution in [-0.4, -0.2) is 44.1 Å². The molecule has 2 aromatic carbocycles. The fourth-order valence-electron chi connectivity index (χ4n) is 3.94. The first-order valence-corrected chi connectivity index (χ1v) is 10.5. The summed E-state index contributed by atoms with van der Waals surface area (Å²) in [6, 6.07) is 16.6. The van der Waals surface area contributed by atoms with E-state index < -0.39 is 12.1 Å². The molecule has 0 spiro atoms. The van der Waals surface area contributed by atoms with E-state index in [0.717, 1.165) is 31.4 Å². The second kappa shape index (κ2) is 11.4. The number of carboxylic acids is 1. The second-order valence-electron chi connectivity index (χ2n) is 7.75. The number of methoxy groups -OCH3 is 1. The number of carbonyl (C=O) groups excluding carboxylic acids is 1. The number of benzene rings is 2. The highest BCUT2D eigenvalue weighted by molar-refractivity contribution is 5.96. The number of ether oxygens (including phenoxy) is 3. The maximum atomic E-state index is 13.1. The molecule has 2 aromatic rings. The number of anilines is 2. The number of para-hydroxylation sites is 1. The topological polar surface area (TPSA) is 85.3 Å². The summed E-state index contributed by atoms with van der Waals surface area (Å²) in [5, 5.41) is 8.72. The molecule has 1 aliphatic rings. The molecule has 2 unspecified atom stereocenters. The third-order valence-electron chi connectivity index (χ3n) is 5.44. The van der Waals surface area contributed by atoms with Crippen LogP contribution in [0.4, 0.5) is 16.2 Å². The lowest BCUT2D eigenvalue weighted by Crippen LogP contribution is -2.30. The van der Waals surface area contributed by atoms with Gasteiger partial charge in [0, 0.05) is 0 Å². The van der Waals surface area contributed by atoms with Crippen LogP contribution in [0.5, 0.6) is 5.75 Å². The van der Waals surface area contributed by atoms with E-state index in [1.54, 1.807) is 24.1 Å². The Balaban J connectivity index is 1.61. The summed E-state index contributed by atoms with van der Waals surface area (Å²) in [6.07, 6.45) is 3.44. The van der Waals surface area contributed by atoms with Crippen molar-refractivity contribution in [3.8, 4) is 5.75 Å². The summed E-state index contributed by atoms with van der Waals surface area (Å²) < 4.78 is 16.2. The number of hydrogen-bond donors (Lipinski definition) is 1. The van der Waals surface area contributed by atoms with Gasteiger partial charge in [0.2, 0.25) is 0 Å². The minimum atomic E-state index is -0.958. The van der Waals surface area contributed by atoms with Crippen LogP contribution < -0.4 is 9.64 Å². The zero-order chi connectivity index (χ0) is 22.1. The predicted octanol–water partition coefficient (Wildman–Crippen LogP) is 4.88. The van der Waals surface area contributed by atoms with Gasteiger partial charge >= 0.3 is 12.1 Å². The van der Waals surface area contributed by atoms with Crippen LogP contribution in [0.2, 0.25) is 0 Å². The monoisotopic (exact) mass is 427 g/mol. The average Bonchev–Trinajstić information content (AvgIpc) is 2.79. The smallest absolute Gasteiger partial charge is 0.418 e. The lowest BCUT2D eigenvalue weighted by molar-refractivity contribution is -0.142. The van der Waals surface area contributed by atoms with Crippen LogP contribution in [-0.2, 0) is 14.3 Å². The molecular formula is C24H29NO6. The normalized spacial score (nSPS) is 18.2. The molecule has 31 heavy (non-hydrogen) atoms. The van der Waals surface area contributed by atoms with Crippen molar-refractivity contribution >= 4 is 23.4 Å². The zero-order valence-corrected chi connectivity index (χ0v) is 17.7. The Bertz CT molecular complexity index is 839. The first-order chi connectivity index (χ1) is 15.1. The van der Waals surface area contributed by atoms with Crippen LogP contribution >= 0.6 is 0 Å². The Morgan fingerprint density at radius 2 is 1.61 bits per heavy atom. The number of carboxylic acid groups (broad SMARTS) is 1. The van der Waals surface area contributed by atoms with E-state index in [2.05, 4.69) is 0 Å². The molecule has 0 radical (unpaired) electrons. The Labute approximate surface area is 182 Å². The first kappa shape index (κ1) is 22.6. The zero-order valence-electron chi connectivity index (χ0n) is 17.7. The van der Waals surface area contributed by atoms with E-state index in [9.17, 15) is 9.59 Å². The highest BCUT2D eigenvalue weighted by Gasteiger charge is 2.26. The van der Waals surface area contributed by atoms with Gasteiger partial charge in [-0.1, -0.05) is 24.6 Å². The fourth-order valence-corrected chi connectivity index (χ4v) is 3.94. The van der Waals surface area contributed by atoms with Crippen LogP contribution in [0, 0.1) is 11.8 Å². The molecule has 2 atom stereocenters. The SMILES string of the molecule is COc1ccc(N(C(=O)OCC2CCCC(COCC(=O)O)C2)c2ccccc2)cc1. The van der Waals surface area contributed by atoms with Gasteiger partial charge in [0.25, 0.3) is 0 Å². The summed E-state index contributed by atoms with van der Waals surface area (Å²) in [5.41, 5.74) is 1.42. The molecule has 1 aliphatic carbocycles. The van der Waals surface area contributed by atoms with Gasteiger partial charge in [-0.3, -0.25) is 0 Å². The third-order valence-corrected chi connectivity index (χ3v) is 5.44. The molecular weight excluding hydrogens is 398 g/mol. The van der Waals surface area contributed by atoms with Crippen molar-refractivity contribution in [2.24, 2.45) is 11.8 Å². The number of hydrogen-bond acceptors (Lipinski definition) is 5. The second-order valence-corrected chi connectivity index (χ2v) is 7.75. The molecule has 7 nitrogen and oxygen atoms in total. The van der Waals surface area contributed by atoms with E-state index in [-0.39, 0.29) is 12.5 Å². The van der Waals surface area contributed by atoms with Crippen molar-refractivity contribution in [1.29, 1.82) is 0 Å². The number of aliphatic carboxylic acids is 1. The molecule has 1 N–H and O–H groups in total. The average molecular weight is 427 g/mol. The van der Waals surface area contributed by atoms with E-state index in [1.165, 1.54) is 0 Å². The molecule has 0 bridgehead atoms. The summed E-state index contributed by atoms with van der Waals surface area (Å²) in [7, 11) is 1.60. The molecule has 1 saturated carbocycles. The third kappa shape index (κ3) is 6.72. The van der Waals surface area contributed by atoms with Crippen LogP contribution in [0.15, 0.2) is 54.6 Å². The predicted molar refractivity (Wildman–Crippen MR) is 117 cm³/mol. The number of amides is 1. The molecule has 0 aromatic heterocycles. The van der Waals surface area contributed by atoms with Gasteiger partial charge in [0.15, 0.2) is 0 Å². The highest BCUT2D eigenvalue weighted by Crippen LogP contribution is 2.31. The standard InChI is InChI=1S/C24H29NO6/c1-29-22-12-10-21(11-13-22)25(20-8-3-2-4-9-20)24(28)31-16-19-7-5-6-18(14-19)15-30-17-23(26)27/h2-4,8-13,18-19H,5-7,14-17H2,1H3,(H,26,27). The quantitative estimate of drug-likeness (QED) is 0.614. The first-order valence-electron chi connectivity index (χ1n) is 10.5. The Kier molecular flexibility index (Phi) is 8.29. The van der Waals surface area contributed by atoms with E-state index in [1.807, 2.05) is 42.5 Å². The minimum absolute atomic E-state index is 0.240. The van der Waals surface area contributed by atoms with Crippen LogP contribution in [0.1, 0.15) is 25.7 Å². The number of nitrogens with zero attached hydrogens (tertiary/aromatic N) is 1. The maximum Gasteiger partial charge on any atom is 0.418 e. The van der Waals surface area contributed by atoms with Crippen molar-refractivity contribution in [2.75, 3.05) is 31.8 Å². The van der Waals surface area contributed by atoms with Crippen LogP contribution in [0.3, 0.4) is 0 Å². The van der Waals surface area contributed by atoms with E-state index in [0.29, 0.717) is 30.6 Å². The molecule has 7 heteroatoms. The van der Waals surface area contributed by atoms with Gasteiger partial charge in [0.1, 0.15) is 12.4 Å². The molecule has 0 heterocycles. The molecule has 1 fully saturated rings. The lowest BCUT2D eigenvalue weighted by atomic mass is 9.82. The number of carbonyl (C=O) groups is 2. The van der Waals surface area contributed by atoms with Crippen molar-refractivity contribution in [3.63, 3.8) is 0 Å². The van der Waals surface area contributed by atoms with Gasteiger partial charge in [0.05, 0.1) is 31.7 Å². The summed E-state index contributed by atoms with van der Waals surface area (Å²) in [5.74, 6) is 0.289. The Hall–Kier alpha value is -3.06. The minimum Gasteiger partial charge on any atom is -0.497 e. The largest absolute Gasteiger partial charge is 0.497 e. The van der Waals surface area contributed by atoms with Crippen molar-refractivity contribution in [2.45, 2.75) is 25.7 Å². The molecule has 3 rings (SSSR count). The van der Waals surface area contributed by atoms with Gasteiger partial charge in [-0.15, -0.1) is 0 Å². The van der Waals surface area contributed by atoms with Crippen molar-refractivity contribution in [3.05, 3.63) is 54.6 Å². The summed E-state index contributed by atoms with van der Waals surface area (Å²) in [4.78, 5) is 25.2. The molecule has 0 saturated heterocycles. The Morgan fingerprint density at radius 1 is 0.968 bits per heavy atom. The summed E-state index contributed by atoms with van der Waals surface area (Å²) >= 11 is 0. The Morgan fingerprint density at radius 3 is 2.26 bits per heavy atom. The number of rotatable bonds is 9. The molecule has 0 aliphatic heterocycles. The maximum absolute atomic E-state index is 13.1.